The number of carbonyl (C=O) groups is 1. The van der Waals surface area contributed by atoms with Crippen molar-refractivity contribution >= 4 is 11.7 Å². The number of anilines is 1. The van der Waals surface area contributed by atoms with Crippen LogP contribution in [-0.4, -0.2) is 22.2 Å². The number of carbonyl (C=O) groups excluding carboxylic acids is 1. The van der Waals surface area contributed by atoms with Gasteiger partial charge in [-0.3, -0.25) is 0 Å². The Morgan fingerprint density at radius 3 is 2.68 bits per heavy atom. The third-order valence-electron chi connectivity index (χ3n) is 3.64. The van der Waals surface area contributed by atoms with E-state index in [1.165, 1.54) is 0 Å². The SMILES string of the molecule is CCOc1ccc(NC(=O)NCc2ccccc2-n2ccnc2)cc1. The molecular weight excluding hydrogens is 316 g/mol. The third-order valence-corrected chi connectivity index (χ3v) is 3.64. The Morgan fingerprint density at radius 1 is 1.16 bits per heavy atom. The van der Waals surface area contributed by atoms with Crippen molar-refractivity contribution in [1.82, 2.24) is 14.9 Å². The molecule has 0 atom stereocenters. The van der Waals surface area contributed by atoms with Gasteiger partial charge < -0.3 is 19.9 Å². The van der Waals surface area contributed by atoms with Crippen molar-refractivity contribution < 1.29 is 9.53 Å². The molecular formula is C19H20N4O2. The van der Waals surface area contributed by atoms with E-state index in [1.54, 1.807) is 12.5 Å². The summed E-state index contributed by atoms with van der Waals surface area (Å²) < 4.78 is 7.30. The molecule has 0 saturated carbocycles. The Bertz CT molecular complexity index is 814. The second-order valence-corrected chi connectivity index (χ2v) is 5.36. The lowest BCUT2D eigenvalue weighted by Crippen LogP contribution is -2.28. The zero-order chi connectivity index (χ0) is 17.5. The topological polar surface area (TPSA) is 68.2 Å². The molecule has 0 radical (unpaired) electrons. The highest BCUT2D eigenvalue weighted by Crippen LogP contribution is 2.16. The van der Waals surface area contributed by atoms with E-state index in [-0.39, 0.29) is 6.03 Å². The molecule has 2 aromatic carbocycles. The second-order valence-electron chi connectivity index (χ2n) is 5.36. The number of hydrogen-bond donors (Lipinski definition) is 2. The van der Waals surface area contributed by atoms with Crippen molar-refractivity contribution in [2.24, 2.45) is 0 Å². The minimum absolute atomic E-state index is 0.260. The number of para-hydroxylation sites is 1. The van der Waals surface area contributed by atoms with Crippen LogP contribution in [0, 0.1) is 0 Å². The molecule has 1 aromatic heterocycles. The first-order chi connectivity index (χ1) is 12.3. The highest BCUT2D eigenvalue weighted by atomic mass is 16.5. The Kier molecular flexibility index (Phi) is 5.31. The molecule has 25 heavy (non-hydrogen) atoms. The summed E-state index contributed by atoms with van der Waals surface area (Å²) in [6.07, 6.45) is 5.33. The summed E-state index contributed by atoms with van der Waals surface area (Å²) in [6.45, 7) is 2.96. The van der Waals surface area contributed by atoms with E-state index in [0.29, 0.717) is 18.8 Å². The van der Waals surface area contributed by atoms with E-state index in [2.05, 4.69) is 15.6 Å². The number of urea groups is 1. The maximum atomic E-state index is 12.1. The lowest BCUT2D eigenvalue weighted by molar-refractivity contribution is 0.251. The standard InChI is InChI=1S/C19H20N4O2/c1-2-25-17-9-7-16(8-10-17)22-19(24)21-13-15-5-3-4-6-18(15)23-12-11-20-14-23/h3-12,14H,2,13H2,1H3,(H2,21,22,24). The molecule has 2 N–H and O–H groups in total. The number of rotatable bonds is 6. The molecule has 0 fully saturated rings. The van der Waals surface area contributed by atoms with E-state index >= 15 is 0 Å². The van der Waals surface area contributed by atoms with E-state index in [0.717, 1.165) is 17.0 Å². The van der Waals surface area contributed by atoms with Crippen LogP contribution in [-0.2, 0) is 6.54 Å². The van der Waals surface area contributed by atoms with Crippen LogP contribution < -0.4 is 15.4 Å². The van der Waals surface area contributed by atoms with Gasteiger partial charge in [-0.1, -0.05) is 18.2 Å². The van der Waals surface area contributed by atoms with Crippen LogP contribution in [0.1, 0.15) is 12.5 Å². The average Bonchev–Trinajstić information content (AvgIpc) is 3.17. The number of ether oxygens (including phenoxy) is 1. The Labute approximate surface area is 146 Å². The van der Waals surface area contributed by atoms with Gasteiger partial charge >= 0.3 is 6.03 Å². The van der Waals surface area contributed by atoms with E-state index < -0.39 is 0 Å². The molecule has 3 rings (SSSR count). The molecule has 0 saturated heterocycles. The van der Waals surface area contributed by atoms with Crippen LogP contribution in [0.3, 0.4) is 0 Å². The highest BCUT2D eigenvalue weighted by molar-refractivity contribution is 5.89. The number of imidazole rings is 1. The lowest BCUT2D eigenvalue weighted by Gasteiger charge is -2.12. The van der Waals surface area contributed by atoms with Crippen LogP contribution in [0.15, 0.2) is 67.3 Å². The Hall–Kier alpha value is -3.28. The molecule has 2 amide bonds. The van der Waals surface area contributed by atoms with Crippen molar-refractivity contribution in [3.8, 4) is 11.4 Å². The summed E-state index contributed by atoms with van der Waals surface area (Å²) in [7, 11) is 0. The number of amides is 2. The summed E-state index contributed by atoms with van der Waals surface area (Å²) in [6, 6.07) is 14.9. The lowest BCUT2D eigenvalue weighted by atomic mass is 10.1. The van der Waals surface area contributed by atoms with Gasteiger partial charge in [0.15, 0.2) is 0 Å². The fraction of sp³-hybridized carbons (Fsp3) is 0.158. The van der Waals surface area contributed by atoms with Gasteiger partial charge in [0, 0.05) is 24.6 Å². The quantitative estimate of drug-likeness (QED) is 0.723. The van der Waals surface area contributed by atoms with Gasteiger partial charge in [-0.05, 0) is 42.8 Å². The van der Waals surface area contributed by atoms with Crippen molar-refractivity contribution in [3.05, 3.63) is 72.8 Å². The monoisotopic (exact) mass is 336 g/mol. The first-order valence-corrected chi connectivity index (χ1v) is 8.10. The summed E-state index contributed by atoms with van der Waals surface area (Å²) in [5.41, 5.74) is 2.70. The summed E-state index contributed by atoms with van der Waals surface area (Å²) in [5, 5.41) is 5.69. The van der Waals surface area contributed by atoms with Crippen LogP contribution in [0.25, 0.3) is 5.69 Å². The van der Waals surface area contributed by atoms with Gasteiger partial charge in [-0.2, -0.15) is 0 Å². The van der Waals surface area contributed by atoms with Gasteiger partial charge in [0.05, 0.1) is 18.6 Å². The number of nitrogens with zero attached hydrogens (tertiary/aromatic N) is 2. The summed E-state index contributed by atoms with van der Waals surface area (Å²) in [5.74, 6) is 0.780. The molecule has 6 nitrogen and oxygen atoms in total. The van der Waals surface area contributed by atoms with Crippen molar-refractivity contribution in [1.29, 1.82) is 0 Å². The van der Waals surface area contributed by atoms with E-state index in [1.807, 2.05) is 66.2 Å². The van der Waals surface area contributed by atoms with Crippen molar-refractivity contribution in [2.45, 2.75) is 13.5 Å². The Balaban J connectivity index is 1.59. The summed E-state index contributed by atoms with van der Waals surface area (Å²) >= 11 is 0. The summed E-state index contributed by atoms with van der Waals surface area (Å²) in [4.78, 5) is 16.2. The maximum Gasteiger partial charge on any atom is 0.319 e. The molecule has 128 valence electrons. The number of benzene rings is 2. The second kappa shape index (κ2) is 8.01. The smallest absolute Gasteiger partial charge is 0.319 e. The predicted molar refractivity (Wildman–Crippen MR) is 97.0 cm³/mol. The van der Waals surface area contributed by atoms with Crippen LogP contribution in [0.4, 0.5) is 10.5 Å². The van der Waals surface area contributed by atoms with E-state index in [9.17, 15) is 4.79 Å². The molecule has 0 aliphatic rings. The molecule has 0 spiro atoms. The minimum atomic E-state index is -0.260. The van der Waals surface area contributed by atoms with Crippen LogP contribution in [0.2, 0.25) is 0 Å². The van der Waals surface area contributed by atoms with Gasteiger partial charge in [-0.25, -0.2) is 9.78 Å². The number of nitrogens with one attached hydrogen (secondary N) is 2. The fourth-order valence-electron chi connectivity index (χ4n) is 2.47. The normalized spacial score (nSPS) is 10.3. The number of hydrogen-bond acceptors (Lipinski definition) is 3. The molecule has 6 heteroatoms. The van der Waals surface area contributed by atoms with Crippen molar-refractivity contribution in [2.75, 3.05) is 11.9 Å². The zero-order valence-corrected chi connectivity index (χ0v) is 14.0. The van der Waals surface area contributed by atoms with Gasteiger partial charge in [0.2, 0.25) is 0 Å². The molecule has 0 aliphatic heterocycles. The van der Waals surface area contributed by atoms with Gasteiger partial charge in [0.1, 0.15) is 5.75 Å². The molecule has 0 bridgehead atoms. The fourth-order valence-corrected chi connectivity index (χ4v) is 2.47. The molecule has 0 aliphatic carbocycles. The molecule has 1 heterocycles. The Morgan fingerprint density at radius 2 is 1.96 bits per heavy atom. The minimum Gasteiger partial charge on any atom is -0.494 e. The number of aromatic nitrogens is 2. The first kappa shape index (κ1) is 16.6. The van der Waals surface area contributed by atoms with Gasteiger partial charge in [-0.15, -0.1) is 0 Å². The van der Waals surface area contributed by atoms with Crippen LogP contribution in [0.5, 0.6) is 5.75 Å². The first-order valence-electron chi connectivity index (χ1n) is 8.10. The predicted octanol–water partition coefficient (Wildman–Crippen LogP) is 3.59. The zero-order valence-electron chi connectivity index (χ0n) is 14.0. The van der Waals surface area contributed by atoms with Crippen molar-refractivity contribution in [3.63, 3.8) is 0 Å². The molecule has 0 unspecified atom stereocenters. The molecule has 3 aromatic rings. The maximum absolute atomic E-state index is 12.1. The van der Waals surface area contributed by atoms with Gasteiger partial charge in [0.25, 0.3) is 0 Å². The third kappa shape index (κ3) is 4.38. The van der Waals surface area contributed by atoms with E-state index in [4.69, 9.17) is 4.74 Å². The average molecular weight is 336 g/mol. The highest BCUT2D eigenvalue weighted by Gasteiger charge is 2.06. The van der Waals surface area contributed by atoms with Crippen LogP contribution >= 0.6 is 0 Å². The largest absolute Gasteiger partial charge is 0.494 e.